The summed E-state index contributed by atoms with van der Waals surface area (Å²) in [5.74, 6) is 0.494. The molecule has 0 aliphatic carbocycles. The average molecular weight is 305 g/mol. The highest BCUT2D eigenvalue weighted by molar-refractivity contribution is 7.22. The molecular formula is C15H19N3O2S. The smallest absolute Gasteiger partial charge is 0.229 e. The lowest BCUT2D eigenvalue weighted by Crippen LogP contribution is -2.48. The lowest BCUT2D eigenvalue weighted by Gasteiger charge is -2.31. The predicted molar refractivity (Wildman–Crippen MR) is 84.5 cm³/mol. The lowest BCUT2D eigenvalue weighted by molar-refractivity contribution is -0.121. The molecule has 1 fully saturated rings. The summed E-state index contributed by atoms with van der Waals surface area (Å²) in [7, 11) is 1.67. The Kier molecular flexibility index (Phi) is 4.19. The van der Waals surface area contributed by atoms with Crippen LogP contribution in [0.25, 0.3) is 10.2 Å². The fraction of sp³-hybridized carbons (Fsp3) is 0.467. The van der Waals surface area contributed by atoms with Crippen LogP contribution in [0.1, 0.15) is 12.5 Å². The van der Waals surface area contributed by atoms with Crippen molar-refractivity contribution < 1.29 is 9.53 Å². The first-order chi connectivity index (χ1) is 10.2. The summed E-state index contributed by atoms with van der Waals surface area (Å²) in [6.45, 7) is 4.35. The van der Waals surface area contributed by atoms with Crippen LogP contribution in [0.2, 0.25) is 0 Å². The first-order valence-electron chi connectivity index (χ1n) is 7.08. The summed E-state index contributed by atoms with van der Waals surface area (Å²) in [6, 6.07) is 6.00. The van der Waals surface area contributed by atoms with E-state index in [4.69, 9.17) is 4.74 Å². The topological polar surface area (TPSA) is 63.2 Å². The lowest BCUT2D eigenvalue weighted by atomic mass is 9.88. The number of hydrogen-bond acceptors (Lipinski definition) is 5. The van der Waals surface area contributed by atoms with E-state index in [-0.39, 0.29) is 11.8 Å². The Hall–Kier alpha value is -1.50. The number of benzene rings is 1. The second kappa shape index (κ2) is 6.09. The van der Waals surface area contributed by atoms with Gasteiger partial charge < -0.3 is 15.4 Å². The molecule has 2 aromatic rings. The third-order valence-corrected chi connectivity index (χ3v) is 4.90. The number of fused-ring (bicyclic) bond motifs is 1. The van der Waals surface area contributed by atoms with E-state index in [0.717, 1.165) is 28.9 Å². The van der Waals surface area contributed by atoms with Crippen LogP contribution < -0.4 is 10.6 Å². The molecule has 1 atom stereocenters. The Morgan fingerprint density at radius 2 is 2.38 bits per heavy atom. The van der Waals surface area contributed by atoms with Gasteiger partial charge in [-0.3, -0.25) is 4.79 Å². The maximum atomic E-state index is 12.2. The van der Waals surface area contributed by atoms with Crippen molar-refractivity contribution in [3.05, 3.63) is 23.8 Å². The summed E-state index contributed by atoms with van der Waals surface area (Å²) < 4.78 is 6.26. The summed E-state index contributed by atoms with van der Waals surface area (Å²) in [6.07, 6.45) is 0. The molecule has 3 rings (SSSR count). The quantitative estimate of drug-likeness (QED) is 0.889. The third-order valence-electron chi connectivity index (χ3n) is 3.97. The molecule has 21 heavy (non-hydrogen) atoms. The largest absolute Gasteiger partial charge is 0.380 e. The molecule has 6 heteroatoms. The zero-order valence-corrected chi connectivity index (χ0v) is 13.0. The molecule has 0 spiro atoms. The Labute approximate surface area is 127 Å². The standard InChI is InChI=1S/C15H19N3O2S/c1-9(11-6-16-7-11)14(19)18-15-17-13-10(8-20-2)4-3-5-12(13)21-15/h3-5,9,11,16H,6-8H2,1-2H3,(H,17,18,19). The number of hydrogen-bond donors (Lipinski definition) is 2. The Morgan fingerprint density at radius 1 is 1.57 bits per heavy atom. The van der Waals surface area contributed by atoms with Gasteiger partial charge in [-0.15, -0.1) is 0 Å². The maximum absolute atomic E-state index is 12.2. The number of carbonyl (C=O) groups excluding carboxylic acids is 1. The van der Waals surface area contributed by atoms with Crippen molar-refractivity contribution in [2.45, 2.75) is 13.5 Å². The van der Waals surface area contributed by atoms with E-state index in [0.29, 0.717) is 17.7 Å². The molecule has 0 radical (unpaired) electrons. The van der Waals surface area contributed by atoms with E-state index in [1.807, 2.05) is 25.1 Å². The van der Waals surface area contributed by atoms with E-state index >= 15 is 0 Å². The number of nitrogens with one attached hydrogen (secondary N) is 2. The van der Waals surface area contributed by atoms with Gasteiger partial charge in [0.1, 0.15) is 0 Å². The fourth-order valence-corrected chi connectivity index (χ4v) is 3.35. The molecular weight excluding hydrogens is 286 g/mol. The van der Waals surface area contributed by atoms with Gasteiger partial charge in [-0.2, -0.15) is 0 Å². The Morgan fingerprint density at radius 3 is 3.05 bits per heavy atom. The van der Waals surface area contributed by atoms with Gasteiger partial charge in [0.05, 0.1) is 16.8 Å². The number of thiazole rings is 1. The number of aromatic nitrogens is 1. The highest BCUT2D eigenvalue weighted by Crippen LogP contribution is 2.29. The number of methoxy groups -OCH3 is 1. The van der Waals surface area contributed by atoms with Gasteiger partial charge in [0.2, 0.25) is 5.91 Å². The van der Waals surface area contributed by atoms with Crippen molar-refractivity contribution in [1.82, 2.24) is 10.3 Å². The van der Waals surface area contributed by atoms with Crippen molar-refractivity contribution in [3.63, 3.8) is 0 Å². The zero-order chi connectivity index (χ0) is 14.8. The van der Waals surface area contributed by atoms with Gasteiger partial charge in [0.15, 0.2) is 5.13 Å². The molecule has 0 bridgehead atoms. The molecule has 112 valence electrons. The molecule has 0 saturated carbocycles. The second-order valence-corrected chi connectivity index (χ2v) is 6.44. The number of carbonyl (C=O) groups is 1. The van der Waals surface area contributed by atoms with Crippen LogP contribution >= 0.6 is 11.3 Å². The minimum Gasteiger partial charge on any atom is -0.380 e. The molecule has 2 N–H and O–H groups in total. The number of para-hydroxylation sites is 1. The minimum absolute atomic E-state index is 0.0108. The monoisotopic (exact) mass is 305 g/mol. The van der Waals surface area contributed by atoms with Crippen molar-refractivity contribution in [2.75, 3.05) is 25.5 Å². The highest BCUT2D eigenvalue weighted by atomic mass is 32.1. The van der Waals surface area contributed by atoms with Crippen LogP contribution in [0.3, 0.4) is 0 Å². The first kappa shape index (κ1) is 14.4. The second-order valence-electron chi connectivity index (χ2n) is 5.41. The van der Waals surface area contributed by atoms with E-state index < -0.39 is 0 Å². The molecule has 1 aliphatic heterocycles. The van der Waals surface area contributed by atoms with E-state index in [2.05, 4.69) is 15.6 Å². The normalized spacial score (nSPS) is 16.7. The summed E-state index contributed by atoms with van der Waals surface area (Å²) >= 11 is 1.51. The number of rotatable bonds is 5. The van der Waals surface area contributed by atoms with Crippen molar-refractivity contribution >= 4 is 32.6 Å². The van der Waals surface area contributed by atoms with Crippen LogP contribution in [0.15, 0.2) is 18.2 Å². The highest BCUT2D eigenvalue weighted by Gasteiger charge is 2.29. The Bertz CT molecular complexity index is 651. The number of amides is 1. The molecule has 2 heterocycles. The minimum atomic E-state index is 0.0108. The number of anilines is 1. The number of ether oxygens (including phenoxy) is 1. The Balaban J connectivity index is 1.77. The first-order valence-corrected chi connectivity index (χ1v) is 7.89. The molecule has 1 saturated heterocycles. The van der Waals surface area contributed by atoms with Crippen LogP contribution in [0.5, 0.6) is 0 Å². The van der Waals surface area contributed by atoms with Crippen LogP contribution in [0.4, 0.5) is 5.13 Å². The van der Waals surface area contributed by atoms with Gasteiger partial charge in [-0.05, 0) is 25.1 Å². The summed E-state index contributed by atoms with van der Waals surface area (Å²) in [5, 5.41) is 6.81. The average Bonchev–Trinajstić information content (AvgIpc) is 2.80. The third kappa shape index (κ3) is 2.92. The van der Waals surface area contributed by atoms with E-state index in [9.17, 15) is 4.79 Å². The molecule has 1 aliphatic rings. The summed E-state index contributed by atoms with van der Waals surface area (Å²) in [5.41, 5.74) is 1.96. The van der Waals surface area contributed by atoms with Crippen molar-refractivity contribution in [2.24, 2.45) is 11.8 Å². The fourth-order valence-electron chi connectivity index (χ4n) is 2.43. The van der Waals surface area contributed by atoms with Crippen molar-refractivity contribution in [1.29, 1.82) is 0 Å². The number of nitrogens with zero attached hydrogens (tertiary/aromatic N) is 1. The van der Waals surface area contributed by atoms with Gasteiger partial charge >= 0.3 is 0 Å². The summed E-state index contributed by atoms with van der Waals surface area (Å²) in [4.78, 5) is 16.8. The van der Waals surface area contributed by atoms with Gasteiger partial charge in [-0.25, -0.2) is 4.98 Å². The zero-order valence-electron chi connectivity index (χ0n) is 12.2. The van der Waals surface area contributed by atoms with Crippen molar-refractivity contribution in [3.8, 4) is 0 Å². The van der Waals surface area contributed by atoms with Crippen LogP contribution in [-0.2, 0) is 16.1 Å². The van der Waals surface area contributed by atoms with Crippen LogP contribution in [0, 0.1) is 11.8 Å². The van der Waals surface area contributed by atoms with Gasteiger partial charge in [0.25, 0.3) is 0 Å². The maximum Gasteiger partial charge on any atom is 0.229 e. The predicted octanol–water partition coefficient (Wildman–Crippen LogP) is 2.24. The molecule has 1 aromatic carbocycles. The molecule has 1 unspecified atom stereocenters. The van der Waals surface area contributed by atoms with Gasteiger partial charge in [-0.1, -0.05) is 30.4 Å². The molecule has 5 nitrogen and oxygen atoms in total. The SMILES string of the molecule is COCc1cccc2sc(NC(=O)C(C)C3CNC3)nc12. The van der Waals surface area contributed by atoms with E-state index in [1.54, 1.807) is 7.11 Å². The van der Waals surface area contributed by atoms with E-state index in [1.165, 1.54) is 11.3 Å². The van der Waals surface area contributed by atoms with Crippen LogP contribution in [-0.4, -0.2) is 31.1 Å². The van der Waals surface area contributed by atoms with Gasteiger partial charge in [0, 0.05) is 18.6 Å². The molecule has 1 amide bonds. The molecule has 1 aromatic heterocycles.